The van der Waals surface area contributed by atoms with Crippen molar-refractivity contribution in [3.05, 3.63) is 28.8 Å². The van der Waals surface area contributed by atoms with E-state index >= 15 is 0 Å². The van der Waals surface area contributed by atoms with Crippen LogP contribution in [0.5, 0.6) is 0 Å². The average molecular weight is 261 g/mol. The third kappa shape index (κ3) is 2.83. The van der Waals surface area contributed by atoms with Crippen LogP contribution in [-0.2, 0) is 16.3 Å². The lowest BCUT2D eigenvalue weighted by Crippen LogP contribution is -2.08. The Morgan fingerprint density at radius 2 is 1.80 bits per heavy atom. The largest absolute Gasteiger partial charge is 0.417 e. The molecule has 1 N–H and O–H groups in total. The van der Waals surface area contributed by atoms with Gasteiger partial charge in [-0.3, -0.25) is 4.55 Å². The summed E-state index contributed by atoms with van der Waals surface area (Å²) in [5.74, 6) is 0. The SMILES string of the molecule is O=S(=O)(O)c1ccc(Cl)c(C(F)(F)F)c1. The predicted molar refractivity (Wildman–Crippen MR) is 46.3 cm³/mol. The molecule has 1 aromatic rings. The maximum atomic E-state index is 12.3. The number of alkyl halides is 3. The van der Waals surface area contributed by atoms with Gasteiger partial charge in [0.05, 0.1) is 15.5 Å². The second kappa shape index (κ2) is 3.66. The van der Waals surface area contributed by atoms with Crippen LogP contribution in [0.25, 0.3) is 0 Å². The molecule has 1 rings (SSSR count). The van der Waals surface area contributed by atoms with Crippen molar-refractivity contribution in [2.75, 3.05) is 0 Å². The average Bonchev–Trinajstić information content (AvgIpc) is 2.00. The van der Waals surface area contributed by atoms with Crippen molar-refractivity contribution in [1.82, 2.24) is 0 Å². The topological polar surface area (TPSA) is 54.4 Å². The van der Waals surface area contributed by atoms with Crippen LogP contribution in [0.3, 0.4) is 0 Å². The first-order valence-electron chi connectivity index (χ1n) is 3.46. The molecule has 8 heteroatoms. The molecule has 0 saturated heterocycles. The van der Waals surface area contributed by atoms with E-state index in [1.165, 1.54) is 0 Å². The van der Waals surface area contributed by atoms with E-state index in [1.807, 2.05) is 0 Å². The minimum Gasteiger partial charge on any atom is -0.282 e. The highest BCUT2D eigenvalue weighted by molar-refractivity contribution is 7.85. The van der Waals surface area contributed by atoms with Gasteiger partial charge >= 0.3 is 6.18 Å². The molecule has 84 valence electrons. The standard InChI is InChI=1S/C7H4ClF3O3S/c8-6-2-1-4(15(12,13)14)3-5(6)7(9,10)11/h1-3H,(H,12,13,14). The Hall–Kier alpha value is -0.790. The van der Waals surface area contributed by atoms with Crippen LogP contribution in [0.1, 0.15) is 5.56 Å². The number of rotatable bonds is 1. The summed E-state index contributed by atoms with van der Waals surface area (Å²) in [5.41, 5.74) is -1.31. The van der Waals surface area contributed by atoms with Crippen molar-refractivity contribution in [2.24, 2.45) is 0 Å². The van der Waals surface area contributed by atoms with Gasteiger partial charge in [-0.25, -0.2) is 0 Å². The number of benzene rings is 1. The first kappa shape index (κ1) is 12.3. The quantitative estimate of drug-likeness (QED) is 0.790. The van der Waals surface area contributed by atoms with Gasteiger partial charge in [0.25, 0.3) is 10.1 Å². The third-order valence-electron chi connectivity index (χ3n) is 1.54. The van der Waals surface area contributed by atoms with E-state index in [0.717, 1.165) is 12.1 Å². The van der Waals surface area contributed by atoms with Gasteiger partial charge in [0.15, 0.2) is 0 Å². The molecule has 0 fully saturated rings. The van der Waals surface area contributed by atoms with E-state index < -0.39 is 31.8 Å². The highest BCUT2D eigenvalue weighted by atomic mass is 35.5. The summed E-state index contributed by atoms with van der Waals surface area (Å²) in [7, 11) is -4.66. The lowest BCUT2D eigenvalue weighted by atomic mass is 10.2. The van der Waals surface area contributed by atoms with Crippen molar-refractivity contribution < 1.29 is 26.1 Å². The van der Waals surface area contributed by atoms with Crippen LogP contribution in [-0.4, -0.2) is 13.0 Å². The van der Waals surface area contributed by atoms with Gasteiger partial charge in [0.2, 0.25) is 0 Å². The van der Waals surface area contributed by atoms with Crippen LogP contribution in [0, 0.1) is 0 Å². The Morgan fingerprint density at radius 3 is 2.20 bits per heavy atom. The zero-order valence-corrected chi connectivity index (χ0v) is 8.49. The Bertz CT molecular complexity index is 481. The summed E-state index contributed by atoms with van der Waals surface area (Å²) in [6.45, 7) is 0. The lowest BCUT2D eigenvalue weighted by molar-refractivity contribution is -0.137. The fourth-order valence-electron chi connectivity index (χ4n) is 0.882. The maximum absolute atomic E-state index is 12.3. The summed E-state index contributed by atoms with van der Waals surface area (Å²) in [4.78, 5) is -0.848. The fourth-order valence-corrected chi connectivity index (χ4v) is 1.61. The van der Waals surface area contributed by atoms with E-state index in [0.29, 0.717) is 0 Å². The summed E-state index contributed by atoms with van der Waals surface area (Å²) in [6, 6.07) is 1.82. The first-order chi connectivity index (χ1) is 6.62. The molecular weight excluding hydrogens is 257 g/mol. The molecule has 3 nitrogen and oxygen atoms in total. The zero-order chi connectivity index (χ0) is 11.9. The molecular formula is C7H4ClF3O3S. The van der Waals surface area contributed by atoms with Crippen LogP contribution >= 0.6 is 11.6 Å². The molecule has 15 heavy (non-hydrogen) atoms. The second-order valence-electron chi connectivity index (χ2n) is 2.61. The summed E-state index contributed by atoms with van der Waals surface area (Å²) in [5, 5.41) is -0.630. The predicted octanol–water partition coefficient (Wildman–Crippen LogP) is 2.61. The van der Waals surface area contributed by atoms with Crippen LogP contribution < -0.4 is 0 Å². The molecule has 0 saturated carbocycles. The van der Waals surface area contributed by atoms with Crippen molar-refractivity contribution in [1.29, 1.82) is 0 Å². The van der Waals surface area contributed by atoms with Crippen molar-refractivity contribution in [2.45, 2.75) is 11.1 Å². The molecule has 0 aliphatic rings. The van der Waals surface area contributed by atoms with Gasteiger partial charge in [-0.2, -0.15) is 21.6 Å². The van der Waals surface area contributed by atoms with Crippen LogP contribution in [0.15, 0.2) is 23.1 Å². The zero-order valence-electron chi connectivity index (χ0n) is 6.92. The van der Waals surface area contributed by atoms with E-state index in [4.69, 9.17) is 16.2 Å². The molecule has 0 radical (unpaired) electrons. The Kier molecular flexibility index (Phi) is 2.99. The number of hydrogen-bond donors (Lipinski definition) is 1. The van der Waals surface area contributed by atoms with E-state index in [-0.39, 0.29) is 6.07 Å². The Labute approximate surface area is 88.2 Å². The van der Waals surface area contributed by atoms with E-state index in [1.54, 1.807) is 0 Å². The lowest BCUT2D eigenvalue weighted by Gasteiger charge is -2.09. The summed E-state index contributed by atoms with van der Waals surface area (Å²) in [6.07, 6.45) is -4.77. The fraction of sp³-hybridized carbons (Fsp3) is 0.143. The van der Waals surface area contributed by atoms with Gasteiger partial charge in [-0.05, 0) is 18.2 Å². The van der Waals surface area contributed by atoms with E-state index in [9.17, 15) is 21.6 Å². The molecule has 0 bridgehead atoms. The van der Waals surface area contributed by atoms with Gasteiger partial charge in [0, 0.05) is 0 Å². The van der Waals surface area contributed by atoms with Crippen molar-refractivity contribution >= 4 is 21.7 Å². The van der Waals surface area contributed by atoms with Crippen molar-refractivity contribution in [3.63, 3.8) is 0 Å². The number of halogens is 4. The van der Waals surface area contributed by atoms with Gasteiger partial charge in [-0.1, -0.05) is 11.6 Å². The third-order valence-corrected chi connectivity index (χ3v) is 2.72. The molecule has 0 amide bonds. The van der Waals surface area contributed by atoms with Gasteiger partial charge in [-0.15, -0.1) is 0 Å². The van der Waals surface area contributed by atoms with Crippen LogP contribution in [0.2, 0.25) is 5.02 Å². The minimum atomic E-state index is -4.77. The first-order valence-corrected chi connectivity index (χ1v) is 5.28. The van der Waals surface area contributed by atoms with Gasteiger partial charge in [0.1, 0.15) is 0 Å². The Morgan fingerprint density at radius 1 is 1.27 bits per heavy atom. The normalized spacial score (nSPS) is 12.9. The molecule has 0 unspecified atom stereocenters. The highest BCUT2D eigenvalue weighted by Crippen LogP contribution is 2.35. The second-order valence-corrected chi connectivity index (χ2v) is 4.44. The monoisotopic (exact) mass is 260 g/mol. The van der Waals surface area contributed by atoms with E-state index in [2.05, 4.69) is 0 Å². The molecule has 0 atom stereocenters. The molecule has 0 spiro atoms. The van der Waals surface area contributed by atoms with Crippen molar-refractivity contribution in [3.8, 4) is 0 Å². The minimum absolute atomic E-state index is 0.275. The molecule has 0 aromatic heterocycles. The maximum Gasteiger partial charge on any atom is 0.417 e. The number of hydrogen-bond acceptors (Lipinski definition) is 2. The summed E-state index contributed by atoms with van der Waals surface area (Å²) < 4.78 is 66.4. The van der Waals surface area contributed by atoms with Crippen LogP contribution in [0.4, 0.5) is 13.2 Å². The molecule has 0 aliphatic heterocycles. The summed E-state index contributed by atoms with van der Waals surface area (Å²) >= 11 is 5.23. The molecule has 0 aliphatic carbocycles. The molecule has 0 heterocycles. The smallest absolute Gasteiger partial charge is 0.282 e. The molecule has 1 aromatic carbocycles. The highest BCUT2D eigenvalue weighted by Gasteiger charge is 2.34. The Balaban J connectivity index is 3.43. The van der Waals surface area contributed by atoms with Gasteiger partial charge < -0.3 is 0 Å².